The third kappa shape index (κ3) is 3.37. The molecule has 1 aliphatic heterocycles. The summed E-state index contributed by atoms with van der Waals surface area (Å²) in [5.74, 6) is 2.76. The lowest BCUT2D eigenvalue weighted by atomic mass is 10.1. The minimum atomic E-state index is -0.251. The van der Waals surface area contributed by atoms with E-state index in [9.17, 15) is 4.79 Å². The second kappa shape index (κ2) is 7.00. The number of anilines is 2. The molecule has 2 unspecified atom stereocenters. The number of hydrogen-bond acceptors (Lipinski definition) is 8. The zero-order chi connectivity index (χ0) is 20.9. The van der Waals surface area contributed by atoms with E-state index in [1.807, 2.05) is 18.5 Å². The van der Waals surface area contributed by atoms with Gasteiger partial charge in [0.1, 0.15) is 5.82 Å². The molecule has 1 saturated carbocycles. The first kappa shape index (κ1) is 18.2. The van der Waals surface area contributed by atoms with Crippen LogP contribution < -0.4 is 16.0 Å². The number of rotatable bonds is 5. The molecule has 3 aliphatic rings. The second-order valence-corrected chi connectivity index (χ2v) is 8.68. The summed E-state index contributed by atoms with van der Waals surface area (Å²) in [6.07, 6.45) is 9.93. The molecule has 4 heterocycles. The fourth-order valence-electron chi connectivity index (χ4n) is 4.77. The Hall–Kier alpha value is -3.56. The van der Waals surface area contributed by atoms with Crippen molar-refractivity contribution in [3.8, 4) is 0 Å². The molecule has 3 aromatic heterocycles. The Morgan fingerprint density at radius 1 is 1.19 bits per heavy atom. The Morgan fingerprint density at radius 3 is 2.81 bits per heavy atom. The molecule has 1 amide bonds. The van der Waals surface area contributed by atoms with Crippen LogP contribution in [-0.4, -0.2) is 48.9 Å². The molecule has 3 N–H and O–H groups in total. The first-order valence-electron chi connectivity index (χ1n) is 10.6. The summed E-state index contributed by atoms with van der Waals surface area (Å²) < 4.78 is 1.63. The third-order valence-electron chi connectivity index (χ3n) is 6.56. The summed E-state index contributed by atoms with van der Waals surface area (Å²) in [4.78, 5) is 28.1. The number of carbonyl (C=O) groups excluding carboxylic acids is 1. The van der Waals surface area contributed by atoms with Gasteiger partial charge in [0.2, 0.25) is 5.95 Å². The largest absolute Gasteiger partial charge is 0.383 e. The monoisotopic (exact) mass is 417 g/mol. The minimum absolute atomic E-state index is 0.0875. The number of nitrogens with two attached hydrogens (primary N) is 1. The standard InChI is InChI=1S/C21H23N9O/c22-19-16-1-2-17(15(16)3-4-23-19)26-20(31)18-11-30(28-27-18)8-12-6-24-21(25-7-12)29-9-13-5-14(13)10-29/h3-4,6-7,11,13-14,17H,1-2,5,8-10H2,(H2,22,23)(H,26,31)/t13?,14?,17-/m1/s1. The van der Waals surface area contributed by atoms with Gasteiger partial charge in [-0.25, -0.2) is 19.6 Å². The van der Waals surface area contributed by atoms with E-state index in [2.05, 4.69) is 35.5 Å². The lowest BCUT2D eigenvalue weighted by Gasteiger charge is -2.17. The maximum absolute atomic E-state index is 12.7. The van der Waals surface area contributed by atoms with Crippen LogP contribution in [0.15, 0.2) is 30.9 Å². The van der Waals surface area contributed by atoms with Crippen molar-refractivity contribution < 1.29 is 4.79 Å². The molecule has 158 valence electrons. The number of nitrogen functional groups attached to an aromatic ring is 1. The molecule has 10 nitrogen and oxygen atoms in total. The number of amides is 1. The van der Waals surface area contributed by atoms with Gasteiger partial charge in [-0.05, 0) is 48.3 Å². The van der Waals surface area contributed by atoms with Gasteiger partial charge in [-0.15, -0.1) is 5.10 Å². The van der Waals surface area contributed by atoms with Gasteiger partial charge < -0.3 is 16.0 Å². The molecule has 6 rings (SSSR count). The maximum Gasteiger partial charge on any atom is 0.273 e. The molecule has 0 spiro atoms. The van der Waals surface area contributed by atoms with Crippen molar-refractivity contribution in [2.24, 2.45) is 11.8 Å². The van der Waals surface area contributed by atoms with Gasteiger partial charge in [-0.1, -0.05) is 5.21 Å². The SMILES string of the molecule is Nc1nccc2c1CC[C@H]2NC(=O)c1cn(Cc2cnc(N3CC4CC4C3)nc2)nn1. The molecule has 10 heteroatoms. The highest BCUT2D eigenvalue weighted by Crippen LogP contribution is 2.45. The van der Waals surface area contributed by atoms with Crippen LogP contribution in [0.5, 0.6) is 0 Å². The predicted molar refractivity (Wildman–Crippen MR) is 112 cm³/mol. The molecular formula is C21H23N9O. The summed E-state index contributed by atoms with van der Waals surface area (Å²) in [6.45, 7) is 2.60. The van der Waals surface area contributed by atoms with Crippen molar-refractivity contribution in [2.75, 3.05) is 23.7 Å². The summed E-state index contributed by atoms with van der Waals surface area (Å²) in [7, 11) is 0. The van der Waals surface area contributed by atoms with E-state index in [1.54, 1.807) is 17.1 Å². The predicted octanol–water partition coefficient (Wildman–Crippen LogP) is 0.967. The third-order valence-corrected chi connectivity index (χ3v) is 6.56. The number of nitrogens with one attached hydrogen (secondary N) is 1. The molecule has 2 aliphatic carbocycles. The minimum Gasteiger partial charge on any atom is -0.383 e. The Labute approximate surface area is 178 Å². The second-order valence-electron chi connectivity index (χ2n) is 8.68. The number of fused-ring (bicyclic) bond motifs is 2. The summed E-state index contributed by atoms with van der Waals surface area (Å²) in [6, 6.07) is 1.82. The topological polar surface area (TPSA) is 128 Å². The van der Waals surface area contributed by atoms with Crippen LogP contribution in [0.4, 0.5) is 11.8 Å². The lowest BCUT2D eigenvalue weighted by molar-refractivity contribution is 0.0931. The molecule has 0 bridgehead atoms. The number of hydrogen-bond donors (Lipinski definition) is 2. The lowest BCUT2D eigenvalue weighted by Crippen LogP contribution is -2.27. The fraction of sp³-hybridized carbons (Fsp3) is 0.429. The van der Waals surface area contributed by atoms with E-state index < -0.39 is 0 Å². The molecule has 0 radical (unpaired) electrons. The Kier molecular flexibility index (Phi) is 4.12. The highest BCUT2D eigenvalue weighted by atomic mass is 16.2. The summed E-state index contributed by atoms with van der Waals surface area (Å²) in [5.41, 5.74) is 9.19. The summed E-state index contributed by atoms with van der Waals surface area (Å²) in [5, 5.41) is 11.2. The van der Waals surface area contributed by atoms with Crippen LogP contribution >= 0.6 is 0 Å². The van der Waals surface area contributed by atoms with Crippen LogP contribution in [0.1, 0.15) is 46.1 Å². The van der Waals surface area contributed by atoms with Crippen molar-refractivity contribution >= 4 is 17.7 Å². The van der Waals surface area contributed by atoms with Crippen molar-refractivity contribution in [3.63, 3.8) is 0 Å². The molecule has 3 aromatic rings. The average molecular weight is 417 g/mol. The summed E-state index contributed by atoms with van der Waals surface area (Å²) >= 11 is 0. The molecule has 31 heavy (non-hydrogen) atoms. The van der Waals surface area contributed by atoms with Crippen molar-refractivity contribution in [3.05, 3.63) is 53.2 Å². The average Bonchev–Trinajstić information content (AvgIpc) is 3.16. The quantitative estimate of drug-likeness (QED) is 0.628. The Balaban J connectivity index is 1.09. The normalized spacial score (nSPS) is 23.5. The first-order valence-corrected chi connectivity index (χ1v) is 10.6. The van der Waals surface area contributed by atoms with Gasteiger partial charge in [0.15, 0.2) is 5.69 Å². The highest BCUT2D eigenvalue weighted by Gasteiger charge is 2.45. The highest BCUT2D eigenvalue weighted by molar-refractivity contribution is 5.92. The molecule has 1 saturated heterocycles. The van der Waals surface area contributed by atoms with E-state index in [0.717, 1.165) is 60.4 Å². The van der Waals surface area contributed by atoms with Crippen LogP contribution in [-0.2, 0) is 13.0 Å². The van der Waals surface area contributed by atoms with E-state index in [4.69, 9.17) is 5.73 Å². The smallest absolute Gasteiger partial charge is 0.273 e. The van der Waals surface area contributed by atoms with Gasteiger partial charge in [0.05, 0.1) is 18.8 Å². The van der Waals surface area contributed by atoms with E-state index >= 15 is 0 Å². The van der Waals surface area contributed by atoms with Crippen molar-refractivity contribution in [2.45, 2.75) is 31.8 Å². The van der Waals surface area contributed by atoms with Crippen molar-refractivity contribution in [1.82, 2.24) is 35.3 Å². The van der Waals surface area contributed by atoms with Crippen molar-refractivity contribution in [1.29, 1.82) is 0 Å². The van der Waals surface area contributed by atoms with Gasteiger partial charge in [-0.3, -0.25) is 4.79 Å². The Morgan fingerprint density at radius 2 is 2.00 bits per heavy atom. The zero-order valence-electron chi connectivity index (χ0n) is 17.0. The first-order chi connectivity index (χ1) is 15.1. The van der Waals surface area contributed by atoms with Gasteiger partial charge in [0.25, 0.3) is 5.91 Å². The van der Waals surface area contributed by atoms with E-state index in [-0.39, 0.29) is 17.6 Å². The number of aromatic nitrogens is 6. The number of pyridine rings is 1. The van der Waals surface area contributed by atoms with E-state index in [0.29, 0.717) is 12.4 Å². The number of carbonyl (C=O) groups is 1. The van der Waals surface area contributed by atoms with Gasteiger partial charge in [-0.2, -0.15) is 0 Å². The van der Waals surface area contributed by atoms with Gasteiger partial charge >= 0.3 is 0 Å². The van der Waals surface area contributed by atoms with Gasteiger partial charge in [0, 0.05) is 37.2 Å². The fourth-order valence-corrected chi connectivity index (χ4v) is 4.77. The Bertz CT molecular complexity index is 1130. The number of nitrogens with zero attached hydrogens (tertiary/aromatic N) is 7. The van der Waals surface area contributed by atoms with Crippen LogP contribution in [0.3, 0.4) is 0 Å². The number of piperidine rings is 1. The maximum atomic E-state index is 12.7. The van der Waals surface area contributed by atoms with E-state index in [1.165, 1.54) is 6.42 Å². The molecule has 2 fully saturated rings. The van der Waals surface area contributed by atoms with Crippen LogP contribution in [0, 0.1) is 11.8 Å². The molecule has 3 atom stereocenters. The molecular weight excluding hydrogens is 394 g/mol. The van der Waals surface area contributed by atoms with Crippen LogP contribution in [0.25, 0.3) is 0 Å². The zero-order valence-corrected chi connectivity index (χ0v) is 17.0. The van der Waals surface area contributed by atoms with Crippen LogP contribution in [0.2, 0.25) is 0 Å². The molecule has 0 aromatic carbocycles.